The van der Waals surface area contributed by atoms with Crippen molar-refractivity contribution < 1.29 is 0 Å². The molecule has 3 unspecified atom stereocenters. The molecule has 3 atom stereocenters. The average molecular weight is 179 g/mol. The summed E-state index contributed by atoms with van der Waals surface area (Å²) < 4.78 is 0. The van der Waals surface area contributed by atoms with Gasteiger partial charge in [-0.3, -0.25) is 4.90 Å². The van der Waals surface area contributed by atoms with Crippen LogP contribution in [0.1, 0.15) is 51.4 Å². The molecule has 0 spiro atoms. The summed E-state index contributed by atoms with van der Waals surface area (Å²) in [5.74, 6) is 1.09. The average Bonchev–Trinajstić information content (AvgIpc) is 2.65. The highest BCUT2D eigenvalue weighted by atomic mass is 15.2. The second-order valence-electron chi connectivity index (χ2n) is 5.22. The van der Waals surface area contributed by atoms with Crippen LogP contribution in [-0.2, 0) is 0 Å². The maximum absolute atomic E-state index is 2.88. The molecule has 0 bridgehead atoms. The molecule has 2 saturated heterocycles. The third kappa shape index (κ3) is 1.32. The van der Waals surface area contributed by atoms with Crippen molar-refractivity contribution in [2.45, 2.75) is 63.5 Å². The minimum atomic E-state index is 0.994. The van der Waals surface area contributed by atoms with Gasteiger partial charge in [-0.1, -0.05) is 12.8 Å². The van der Waals surface area contributed by atoms with Crippen LogP contribution in [0.3, 0.4) is 0 Å². The molecule has 1 nitrogen and oxygen atoms in total. The summed E-state index contributed by atoms with van der Waals surface area (Å²) in [5.41, 5.74) is 0. The Morgan fingerprint density at radius 1 is 0.769 bits per heavy atom. The van der Waals surface area contributed by atoms with Crippen molar-refractivity contribution in [3.05, 3.63) is 0 Å². The number of piperidine rings is 2. The second kappa shape index (κ2) is 3.27. The largest absolute Gasteiger partial charge is 0.297 e. The van der Waals surface area contributed by atoms with Crippen molar-refractivity contribution in [1.29, 1.82) is 0 Å². The van der Waals surface area contributed by atoms with E-state index >= 15 is 0 Å². The minimum Gasteiger partial charge on any atom is -0.297 e. The fourth-order valence-corrected chi connectivity index (χ4v) is 3.97. The zero-order valence-electron chi connectivity index (χ0n) is 8.54. The van der Waals surface area contributed by atoms with Gasteiger partial charge in [0.15, 0.2) is 0 Å². The van der Waals surface area contributed by atoms with Gasteiger partial charge in [0.2, 0.25) is 0 Å². The molecule has 0 N–H and O–H groups in total. The van der Waals surface area contributed by atoms with Crippen molar-refractivity contribution in [2.75, 3.05) is 6.54 Å². The molecular weight excluding hydrogens is 158 g/mol. The lowest BCUT2D eigenvalue weighted by Gasteiger charge is -2.46. The SMILES string of the molecule is C1CCN2C(C1)CCC1CCCC12. The minimum absolute atomic E-state index is 0.994. The Morgan fingerprint density at radius 3 is 2.77 bits per heavy atom. The van der Waals surface area contributed by atoms with Gasteiger partial charge in [-0.2, -0.15) is 0 Å². The molecule has 0 amide bonds. The molecule has 74 valence electrons. The van der Waals surface area contributed by atoms with E-state index in [-0.39, 0.29) is 0 Å². The van der Waals surface area contributed by atoms with Gasteiger partial charge < -0.3 is 0 Å². The Morgan fingerprint density at radius 2 is 1.77 bits per heavy atom. The van der Waals surface area contributed by atoms with E-state index in [4.69, 9.17) is 0 Å². The number of hydrogen-bond donors (Lipinski definition) is 0. The van der Waals surface area contributed by atoms with Crippen molar-refractivity contribution >= 4 is 0 Å². The van der Waals surface area contributed by atoms with E-state index in [1.165, 1.54) is 51.5 Å². The Kier molecular flexibility index (Phi) is 2.08. The number of nitrogens with zero attached hydrogens (tertiary/aromatic N) is 1. The van der Waals surface area contributed by atoms with Crippen molar-refractivity contribution in [1.82, 2.24) is 4.90 Å². The molecule has 0 aromatic rings. The smallest absolute Gasteiger partial charge is 0.0126 e. The van der Waals surface area contributed by atoms with Gasteiger partial charge in [-0.15, -0.1) is 0 Å². The van der Waals surface area contributed by atoms with Crippen LogP contribution in [0, 0.1) is 5.92 Å². The molecule has 3 rings (SSSR count). The predicted octanol–water partition coefficient (Wildman–Crippen LogP) is 2.80. The molecule has 1 saturated carbocycles. The quantitative estimate of drug-likeness (QED) is 0.552. The van der Waals surface area contributed by atoms with Crippen LogP contribution < -0.4 is 0 Å². The highest BCUT2D eigenvalue weighted by Gasteiger charge is 2.40. The van der Waals surface area contributed by atoms with E-state index in [1.54, 1.807) is 6.42 Å². The normalized spacial score (nSPS) is 45.7. The van der Waals surface area contributed by atoms with Gasteiger partial charge in [0.05, 0.1) is 0 Å². The van der Waals surface area contributed by atoms with Gasteiger partial charge in [0.25, 0.3) is 0 Å². The summed E-state index contributed by atoms with van der Waals surface area (Å²) in [6.45, 7) is 1.42. The first-order valence-electron chi connectivity index (χ1n) is 6.21. The van der Waals surface area contributed by atoms with Gasteiger partial charge in [-0.25, -0.2) is 0 Å². The molecule has 13 heavy (non-hydrogen) atoms. The maximum Gasteiger partial charge on any atom is 0.0126 e. The lowest BCUT2D eigenvalue weighted by molar-refractivity contribution is 0.0290. The number of rotatable bonds is 0. The number of fused-ring (bicyclic) bond motifs is 3. The van der Waals surface area contributed by atoms with Gasteiger partial charge in [-0.05, 0) is 51.0 Å². The van der Waals surface area contributed by atoms with Crippen molar-refractivity contribution in [3.63, 3.8) is 0 Å². The number of hydrogen-bond acceptors (Lipinski definition) is 1. The van der Waals surface area contributed by atoms with Crippen LogP contribution in [0.2, 0.25) is 0 Å². The summed E-state index contributed by atoms with van der Waals surface area (Å²) >= 11 is 0. The fourth-order valence-electron chi connectivity index (χ4n) is 3.97. The highest BCUT2D eigenvalue weighted by molar-refractivity contribution is 4.94. The molecule has 0 radical (unpaired) electrons. The van der Waals surface area contributed by atoms with Gasteiger partial charge in [0.1, 0.15) is 0 Å². The second-order valence-corrected chi connectivity index (χ2v) is 5.22. The topological polar surface area (TPSA) is 3.24 Å². The van der Waals surface area contributed by atoms with E-state index in [9.17, 15) is 0 Å². The third-order valence-corrected chi connectivity index (χ3v) is 4.59. The van der Waals surface area contributed by atoms with E-state index in [1.807, 2.05) is 0 Å². The van der Waals surface area contributed by atoms with Crippen LogP contribution in [0.15, 0.2) is 0 Å². The molecule has 1 heteroatoms. The maximum atomic E-state index is 2.88. The van der Waals surface area contributed by atoms with Crippen LogP contribution in [0.4, 0.5) is 0 Å². The lowest BCUT2D eigenvalue weighted by Crippen LogP contribution is -2.51. The first-order valence-corrected chi connectivity index (χ1v) is 6.21. The van der Waals surface area contributed by atoms with E-state index in [2.05, 4.69) is 4.90 Å². The molecular formula is C12H21N. The van der Waals surface area contributed by atoms with Gasteiger partial charge >= 0.3 is 0 Å². The molecule has 2 aliphatic heterocycles. The fraction of sp³-hybridized carbons (Fsp3) is 1.00. The third-order valence-electron chi connectivity index (χ3n) is 4.59. The standard InChI is InChI=1S/C12H21N/c1-2-9-13-11(5-1)8-7-10-4-3-6-12(10)13/h10-12H,1-9H2. The predicted molar refractivity (Wildman–Crippen MR) is 54.7 cm³/mol. The Labute approximate surface area is 81.5 Å². The zero-order valence-corrected chi connectivity index (χ0v) is 8.54. The zero-order chi connectivity index (χ0) is 8.67. The van der Waals surface area contributed by atoms with Crippen molar-refractivity contribution in [2.24, 2.45) is 5.92 Å². The molecule has 1 aliphatic carbocycles. The summed E-state index contributed by atoms with van der Waals surface area (Å²) in [5, 5.41) is 0. The molecule has 0 aromatic carbocycles. The molecule has 0 aromatic heterocycles. The van der Waals surface area contributed by atoms with E-state index in [0.29, 0.717) is 0 Å². The van der Waals surface area contributed by atoms with E-state index in [0.717, 1.165) is 18.0 Å². The molecule has 3 fully saturated rings. The molecule has 3 aliphatic rings. The Bertz CT molecular complexity index is 190. The summed E-state index contributed by atoms with van der Waals surface area (Å²) in [6, 6.07) is 2.01. The van der Waals surface area contributed by atoms with Crippen molar-refractivity contribution in [3.8, 4) is 0 Å². The van der Waals surface area contributed by atoms with Gasteiger partial charge in [0, 0.05) is 12.1 Å². The van der Waals surface area contributed by atoms with Crippen LogP contribution >= 0.6 is 0 Å². The van der Waals surface area contributed by atoms with E-state index < -0.39 is 0 Å². The first kappa shape index (κ1) is 8.28. The monoisotopic (exact) mass is 179 g/mol. The Balaban J connectivity index is 1.77. The van der Waals surface area contributed by atoms with Crippen LogP contribution in [-0.4, -0.2) is 23.5 Å². The first-order chi connectivity index (χ1) is 6.45. The summed E-state index contributed by atoms with van der Waals surface area (Å²) in [6.07, 6.45) is 12.1. The summed E-state index contributed by atoms with van der Waals surface area (Å²) in [7, 11) is 0. The van der Waals surface area contributed by atoms with Crippen LogP contribution in [0.25, 0.3) is 0 Å². The lowest BCUT2D eigenvalue weighted by atomic mass is 9.83. The van der Waals surface area contributed by atoms with Crippen LogP contribution in [0.5, 0.6) is 0 Å². The molecule has 2 heterocycles. The Hall–Kier alpha value is -0.0400. The highest BCUT2D eigenvalue weighted by Crippen LogP contribution is 2.41. The summed E-state index contributed by atoms with van der Waals surface area (Å²) in [4.78, 5) is 2.88.